The van der Waals surface area contributed by atoms with Crippen LogP contribution >= 0.6 is 0 Å². The molecule has 0 saturated carbocycles. The zero-order valence-corrected chi connectivity index (χ0v) is 12.9. The maximum Gasteiger partial charge on any atom is 0.511 e. The van der Waals surface area contributed by atoms with E-state index < -0.39 is 30.1 Å². The van der Waals surface area contributed by atoms with Crippen LogP contribution in [-0.2, 0) is 19.1 Å². The summed E-state index contributed by atoms with van der Waals surface area (Å²) in [5.74, 6) is -1.20. The normalized spacial score (nSPS) is 14.9. The van der Waals surface area contributed by atoms with Crippen LogP contribution in [0, 0.1) is 5.21 Å². The minimum atomic E-state index is -1.20. The molecule has 1 unspecified atom stereocenters. The van der Waals surface area contributed by atoms with Gasteiger partial charge in [-0.25, -0.2) is 9.59 Å². The molecule has 0 aromatic heterocycles. The van der Waals surface area contributed by atoms with Gasteiger partial charge in [-0.05, 0) is 27.7 Å². The van der Waals surface area contributed by atoms with Crippen LogP contribution in [0.4, 0.5) is 4.79 Å². The Labute approximate surface area is 122 Å². The highest BCUT2D eigenvalue weighted by Gasteiger charge is 2.24. The average Bonchev–Trinajstić information content (AvgIpc) is 2.31. The third-order valence-corrected chi connectivity index (χ3v) is 2.10. The Kier molecular flexibility index (Phi) is 6.70. The van der Waals surface area contributed by atoms with Crippen LogP contribution in [0.25, 0.3) is 0 Å². The molecule has 122 valence electrons. The summed E-state index contributed by atoms with van der Waals surface area (Å²) in [5.41, 5.74) is -0.727. The molecular weight excluding hydrogens is 286 g/mol. The predicted octanol–water partition coefficient (Wildman–Crippen LogP) is 1.50. The molecule has 0 saturated heterocycles. The van der Waals surface area contributed by atoms with Gasteiger partial charge in [-0.15, -0.1) is 5.01 Å². The number of carbonyl (C=O) groups is 2. The maximum atomic E-state index is 11.4. The average molecular weight is 307 g/mol. The number of hydrogen-bond acceptors (Lipinski definition) is 7. The van der Waals surface area contributed by atoms with E-state index in [4.69, 9.17) is 9.84 Å². The van der Waals surface area contributed by atoms with Gasteiger partial charge in [-0.2, -0.15) is 0 Å². The number of carbonyl (C=O) groups excluding carboxylic acids is 1. The van der Waals surface area contributed by atoms with Crippen LogP contribution in [0.1, 0.15) is 34.6 Å². The lowest BCUT2D eigenvalue weighted by molar-refractivity contribution is -0.711. The van der Waals surface area contributed by atoms with Gasteiger partial charge in [-0.1, -0.05) is 0 Å². The molecule has 0 fully saturated rings. The second-order valence-electron chi connectivity index (χ2n) is 5.18. The van der Waals surface area contributed by atoms with E-state index in [0.717, 1.165) is 5.01 Å². The van der Waals surface area contributed by atoms with Crippen molar-refractivity contribution < 1.29 is 34.0 Å². The van der Waals surface area contributed by atoms with E-state index in [1.807, 2.05) is 0 Å². The number of carboxylic acids is 1. The standard InChI is InChI=1S/C11H21N3O7/c1-7(9(15)16)13(6)14(18)12-21-8(2)19-10(17)20-11(3,4)5/h7-8H,1-6H3,(H,15,16)/t7-,8?/m0/s1. The Balaban J connectivity index is 4.40. The van der Waals surface area contributed by atoms with Gasteiger partial charge >= 0.3 is 12.1 Å². The molecule has 0 aliphatic rings. The Hall–Kier alpha value is -2.26. The van der Waals surface area contributed by atoms with Crippen LogP contribution < -0.4 is 0 Å². The summed E-state index contributed by atoms with van der Waals surface area (Å²) in [6, 6.07) is -1.10. The predicted molar refractivity (Wildman–Crippen MR) is 68.8 cm³/mol. The third-order valence-electron chi connectivity index (χ3n) is 2.10. The quantitative estimate of drug-likeness (QED) is 0.257. The van der Waals surface area contributed by atoms with Gasteiger partial charge in [0.2, 0.25) is 5.28 Å². The Morgan fingerprint density at radius 2 is 1.86 bits per heavy atom. The molecule has 10 nitrogen and oxygen atoms in total. The highest BCUT2D eigenvalue weighted by atomic mass is 16.8. The van der Waals surface area contributed by atoms with Crippen LogP contribution in [-0.4, -0.2) is 52.2 Å². The molecule has 0 aliphatic heterocycles. The van der Waals surface area contributed by atoms with Gasteiger partial charge in [0.05, 0.1) is 12.0 Å². The Morgan fingerprint density at radius 1 is 1.33 bits per heavy atom. The molecular formula is C11H21N3O7. The molecule has 0 amide bonds. The van der Waals surface area contributed by atoms with Crippen molar-refractivity contribution in [2.75, 3.05) is 7.05 Å². The zero-order chi connectivity index (χ0) is 16.8. The fourth-order valence-corrected chi connectivity index (χ4v) is 0.903. The second-order valence-corrected chi connectivity index (χ2v) is 5.18. The lowest BCUT2D eigenvalue weighted by Gasteiger charge is -2.20. The number of hydrogen-bond donors (Lipinski definition) is 1. The van der Waals surface area contributed by atoms with Crippen molar-refractivity contribution in [1.82, 2.24) is 5.01 Å². The number of carboxylic acid groups (broad SMARTS) is 1. The summed E-state index contributed by atoms with van der Waals surface area (Å²) in [4.78, 5) is 26.5. The number of ether oxygens (including phenoxy) is 2. The maximum absolute atomic E-state index is 11.4. The van der Waals surface area contributed by atoms with Crippen molar-refractivity contribution in [1.29, 1.82) is 0 Å². The monoisotopic (exact) mass is 307 g/mol. The van der Waals surface area contributed by atoms with Crippen molar-refractivity contribution in [3.05, 3.63) is 5.21 Å². The number of aliphatic carboxylic acids is 1. The second kappa shape index (κ2) is 7.50. The number of nitrogens with zero attached hydrogens (tertiary/aromatic N) is 3. The van der Waals surface area contributed by atoms with Crippen LogP contribution in [0.2, 0.25) is 0 Å². The van der Waals surface area contributed by atoms with Crippen molar-refractivity contribution >= 4 is 12.1 Å². The summed E-state index contributed by atoms with van der Waals surface area (Å²) in [6.07, 6.45) is -2.15. The van der Waals surface area contributed by atoms with E-state index in [0.29, 0.717) is 0 Å². The lowest BCUT2D eigenvalue weighted by atomic mass is 10.2. The van der Waals surface area contributed by atoms with Gasteiger partial charge in [0.1, 0.15) is 5.60 Å². The molecule has 21 heavy (non-hydrogen) atoms. The first-order valence-corrected chi connectivity index (χ1v) is 6.13. The summed E-state index contributed by atoms with van der Waals surface area (Å²) in [7, 11) is 1.22. The number of likely N-dealkylation sites (N-methyl/N-ethyl adjacent to an activating group) is 1. The van der Waals surface area contributed by atoms with Gasteiger partial charge in [-0.3, -0.25) is 4.84 Å². The van der Waals surface area contributed by atoms with E-state index in [-0.39, 0.29) is 4.97 Å². The largest absolute Gasteiger partial charge is 0.569 e. The minimum Gasteiger partial charge on any atom is -0.569 e. The van der Waals surface area contributed by atoms with Gasteiger partial charge in [0.25, 0.3) is 6.29 Å². The SMILES string of the molecule is CC(ON=[N+]([O-])N(C)[C@@H](C)C(=O)O)OC(=O)OC(C)(C)C. The molecule has 0 bridgehead atoms. The zero-order valence-electron chi connectivity index (χ0n) is 12.9. The molecule has 0 heterocycles. The molecule has 10 heteroatoms. The first-order chi connectivity index (χ1) is 9.44. The summed E-state index contributed by atoms with van der Waals surface area (Å²) >= 11 is 0. The fourth-order valence-electron chi connectivity index (χ4n) is 0.903. The molecule has 0 aromatic rings. The molecule has 0 radical (unpaired) electrons. The number of hydrazine groups is 1. The minimum absolute atomic E-state index is 0.0618. The highest BCUT2D eigenvalue weighted by Crippen LogP contribution is 2.09. The summed E-state index contributed by atoms with van der Waals surface area (Å²) in [5, 5.41) is 24.0. The molecule has 1 N–H and O–H groups in total. The van der Waals surface area contributed by atoms with Crippen LogP contribution in [0.5, 0.6) is 0 Å². The van der Waals surface area contributed by atoms with Crippen molar-refractivity contribution in [2.24, 2.45) is 5.28 Å². The summed E-state index contributed by atoms with van der Waals surface area (Å²) in [6.45, 7) is 7.59. The van der Waals surface area contributed by atoms with Crippen molar-refractivity contribution in [3.8, 4) is 0 Å². The van der Waals surface area contributed by atoms with Crippen LogP contribution in [0.3, 0.4) is 0 Å². The first kappa shape index (κ1) is 18.7. The summed E-state index contributed by atoms with van der Waals surface area (Å²) < 4.78 is 9.56. The fraction of sp³-hybridized carbons (Fsp3) is 0.818. The lowest BCUT2D eigenvalue weighted by Crippen LogP contribution is -2.40. The van der Waals surface area contributed by atoms with Gasteiger partial charge in [0, 0.05) is 6.92 Å². The molecule has 0 aromatic carbocycles. The Morgan fingerprint density at radius 3 is 2.29 bits per heavy atom. The molecule has 0 spiro atoms. The highest BCUT2D eigenvalue weighted by molar-refractivity contribution is 5.72. The smallest absolute Gasteiger partial charge is 0.511 e. The topological polar surface area (TPSA) is 124 Å². The van der Waals surface area contributed by atoms with E-state index in [2.05, 4.69) is 14.9 Å². The molecule has 0 rings (SSSR count). The van der Waals surface area contributed by atoms with Crippen LogP contribution in [0.15, 0.2) is 5.28 Å². The number of rotatable bonds is 6. The van der Waals surface area contributed by atoms with E-state index >= 15 is 0 Å². The molecule has 0 aliphatic carbocycles. The van der Waals surface area contributed by atoms with Crippen molar-refractivity contribution in [3.63, 3.8) is 0 Å². The van der Waals surface area contributed by atoms with Gasteiger partial charge in [0.15, 0.2) is 6.04 Å². The first-order valence-electron chi connectivity index (χ1n) is 6.13. The van der Waals surface area contributed by atoms with E-state index in [9.17, 15) is 14.8 Å². The third kappa shape index (κ3) is 7.80. The van der Waals surface area contributed by atoms with Crippen molar-refractivity contribution in [2.45, 2.75) is 52.6 Å². The van der Waals surface area contributed by atoms with Gasteiger partial charge < -0.3 is 19.8 Å². The molecule has 2 atom stereocenters. The van der Waals surface area contributed by atoms with E-state index in [1.165, 1.54) is 20.9 Å². The van der Waals surface area contributed by atoms with E-state index in [1.54, 1.807) is 20.8 Å². The Bertz CT molecular complexity index is 405.